The van der Waals surface area contributed by atoms with Gasteiger partial charge in [-0.25, -0.2) is 0 Å². The van der Waals surface area contributed by atoms with Crippen LogP contribution in [0.1, 0.15) is 50.3 Å². The van der Waals surface area contributed by atoms with E-state index in [9.17, 15) is 4.79 Å². The number of fused-ring (bicyclic) bond motifs is 1. The largest absolute Gasteiger partial charge is 0.346 e. The lowest BCUT2D eigenvalue weighted by atomic mass is 10.1. The summed E-state index contributed by atoms with van der Waals surface area (Å²) in [5.74, 6) is 2.04. The van der Waals surface area contributed by atoms with Crippen LogP contribution in [0.3, 0.4) is 0 Å². The predicted octanol–water partition coefficient (Wildman–Crippen LogP) is 0.544. The van der Waals surface area contributed by atoms with E-state index in [1.54, 1.807) is 0 Å². The van der Waals surface area contributed by atoms with Gasteiger partial charge in [0, 0.05) is 25.4 Å². The quantitative estimate of drug-likeness (QED) is 0.832. The van der Waals surface area contributed by atoms with Crippen LogP contribution in [0.4, 0.5) is 0 Å². The van der Waals surface area contributed by atoms with E-state index in [1.165, 1.54) is 6.42 Å². The molecule has 6 nitrogen and oxygen atoms in total. The van der Waals surface area contributed by atoms with E-state index in [1.807, 2.05) is 6.92 Å². The van der Waals surface area contributed by atoms with Crippen molar-refractivity contribution in [3.8, 4) is 0 Å². The second-order valence-electron chi connectivity index (χ2n) is 5.52. The summed E-state index contributed by atoms with van der Waals surface area (Å²) in [4.78, 5) is 12.0. The Morgan fingerprint density at radius 3 is 3.21 bits per heavy atom. The van der Waals surface area contributed by atoms with Gasteiger partial charge in [-0.1, -0.05) is 0 Å². The lowest BCUT2D eigenvalue weighted by Gasteiger charge is -2.16. The monoisotopic (exact) mass is 263 g/mol. The molecule has 3 heterocycles. The van der Waals surface area contributed by atoms with E-state index in [-0.39, 0.29) is 11.9 Å². The minimum Gasteiger partial charge on any atom is -0.346 e. The van der Waals surface area contributed by atoms with E-state index < -0.39 is 0 Å². The zero-order valence-electron chi connectivity index (χ0n) is 11.4. The number of nitrogens with zero attached hydrogens (tertiary/aromatic N) is 3. The molecule has 2 N–H and O–H groups in total. The number of aromatic nitrogens is 3. The maximum absolute atomic E-state index is 12.0. The molecule has 2 atom stereocenters. The highest BCUT2D eigenvalue weighted by Crippen LogP contribution is 2.19. The van der Waals surface area contributed by atoms with Gasteiger partial charge in [-0.15, -0.1) is 10.2 Å². The average Bonchev–Trinajstić information content (AvgIpc) is 3.03. The smallest absolute Gasteiger partial charge is 0.222 e. The first-order valence-corrected chi connectivity index (χ1v) is 7.19. The minimum atomic E-state index is -0.0618. The second-order valence-corrected chi connectivity index (χ2v) is 5.52. The van der Waals surface area contributed by atoms with Gasteiger partial charge in [-0.2, -0.15) is 0 Å². The highest BCUT2D eigenvalue weighted by Gasteiger charge is 2.23. The fourth-order valence-corrected chi connectivity index (χ4v) is 3.01. The van der Waals surface area contributed by atoms with Gasteiger partial charge in [0.25, 0.3) is 0 Å². The van der Waals surface area contributed by atoms with Crippen LogP contribution in [0.5, 0.6) is 0 Å². The molecule has 1 fully saturated rings. The van der Waals surface area contributed by atoms with Crippen LogP contribution in [-0.2, 0) is 17.8 Å². The molecule has 0 radical (unpaired) electrons. The number of rotatable bonds is 4. The van der Waals surface area contributed by atoms with Crippen LogP contribution < -0.4 is 10.6 Å². The molecule has 0 bridgehead atoms. The third kappa shape index (κ3) is 2.63. The Balaban J connectivity index is 1.58. The van der Waals surface area contributed by atoms with E-state index in [0.717, 1.165) is 44.0 Å². The minimum absolute atomic E-state index is 0.0618. The molecule has 2 aliphatic heterocycles. The molecule has 1 aromatic heterocycles. The molecule has 104 valence electrons. The lowest BCUT2D eigenvalue weighted by Crippen LogP contribution is -2.34. The molecular weight excluding hydrogens is 242 g/mol. The fourth-order valence-electron chi connectivity index (χ4n) is 3.01. The molecule has 0 spiro atoms. The van der Waals surface area contributed by atoms with E-state index in [2.05, 4.69) is 25.4 Å². The van der Waals surface area contributed by atoms with Crippen LogP contribution in [0.25, 0.3) is 0 Å². The van der Waals surface area contributed by atoms with Crippen molar-refractivity contribution in [1.82, 2.24) is 25.4 Å². The van der Waals surface area contributed by atoms with E-state index in [0.29, 0.717) is 12.5 Å². The van der Waals surface area contributed by atoms with Gasteiger partial charge < -0.3 is 15.2 Å². The van der Waals surface area contributed by atoms with Crippen LogP contribution in [0, 0.1) is 0 Å². The molecule has 19 heavy (non-hydrogen) atoms. The summed E-state index contributed by atoms with van der Waals surface area (Å²) >= 11 is 0. The summed E-state index contributed by atoms with van der Waals surface area (Å²) in [6.45, 7) is 3.99. The zero-order valence-corrected chi connectivity index (χ0v) is 11.4. The Labute approximate surface area is 113 Å². The first-order valence-electron chi connectivity index (χ1n) is 7.19. The number of carbonyl (C=O) groups excluding carboxylic acids is 1. The Bertz CT molecular complexity index is 464. The summed E-state index contributed by atoms with van der Waals surface area (Å²) in [6.07, 6.45) is 4.96. The highest BCUT2D eigenvalue weighted by atomic mass is 16.1. The normalized spacial score (nSPS) is 23.3. The summed E-state index contributed by atoms with van der Waals surface area (Å²) in [6, 6.07) is 0.282. The van der Waals surface area contributed by atoms with Crippen LogP contribution in [0.2, 0.25) is 0 Å². The van der Waals surface area contributed by atoms with Crippen molar-refractivity contribution in [2.45, 2.75) is 57.7 Å². The topological polar surface area (TPSA) is 71.8 Å². The van der Waals surface area contributed by atoms with Crippen molar-refractivity contribution in [3.05, 3.63) is 11.6 Å². The van der Waals surface area contributed by atoms with Crippen LogP contribution in [0.15, 0.2) is 0 Å². The lowest BCUT2D eigenvalue weighted by molar-refractivity contribution is -0.122. The Hall–Kier alpha value is -1.43. The Morgan fingerprint density at radius 1 is 1.53 bits per heavy atom. The fraction of sp³-hybridized carbons (Fsp3) is 0.769. The Morgan fingerprint density at radius 2 is 2.42 bits per heavy atom. The molecule has 0 aromatic carbocycles. The SMILES string of the molecule is CC(NC(=O)CC1CCCN1)c1nnc2n1CCC2. The van der Waals surface area contributed by atoms with Gasteiger partial charge in [0.1, 0.15) is 5.82 Å². The van der Waals surface area contributed by atoms with Crippen molar-refractivity contribution >= 4 is 5.91 Å². The zero-order chi connectivity index (χ0) is 13.2. The highest BCUT2D eigenvalue weighted by molar-refractivity contribution is 5.77. The molecule has 0 aliphatic carbocycles. The van der Waals surface area contributed by atoms with Gasteiger partial charge in [-0.3, -0.25) is 4.79 Å². The van der Waals surface area contributed by atoms with E-state index in [4.69, 9.17) is 0 Å². The van der Waals surface area contributed by atoms with Gasteiger partial charge in [0.05, 0.1) is 6.04 Å². The molecular formula is C13H21N5O. The first-order chi connectivity index (χ1) is 9.24. The number of aryl methyl sites for hydroxylation is 1. The van der Waals surface area contributed by atoms with Crippen molar-refractivity contribution in [2.24, 2.45) is 0 Å². The third-order valence-corrected chi connectivity index (χ3v) is 4.00. The van der Waals surface area contributed by atoms with Crippen molar-refractivity contribution in [3.63, 3.8) is 0 Å². The van der Waals surface area contributed by atoms with Crippen LogP contribution >= 0.6 is 0 Å². The third-order valence-electron chi connectivity index (χ3n) is 4.00. The molecule has 6 heteroatoms. The van der Waals surface area contributed by atoms with Crippen molar-refractivity contribution < 1.29 is 4.79 Å². The second kappa shape index (κ2) is 5.28. The van der Waals surface area contributed by atoms with Gasteiger partial charge in [-0.05, 0) is 32.7 Å². The van der Waals surface area contributed by atoms with Gasteiger partial charge in [0.15, 0.2) is 5.82 Å². The Kier molecular flexibility index (Phi) is 3.50. The average molecular weight is 263 g/mol. The maximum Gasteiger partial charge on any atom is 0.222 e. The summed E-state index contributed by atoms with van der Waals surface area (Å²) in [5, 5.41) is 14.8. The number of hydrogen-bond acceptors (Lipinski definition) is 4. The molecule has 2 aliphatic rings. The number of nitrogens with one attached hydrogen (secondary N) is 2. The van der Waals surface area contributed by atoms with Gasteiger partial charge in [0.2, 0.25) is 5.91 Å². The summed E-state index contributed by atoms with van der Waals surface area (Å²) < 4.78 is 2.14. The number of amides is 1. The number of hydrogen-bond donors (Lipinski definition) is 2. The summed E-state index contributed by atoms with van der Waals surface area (Å²) in [5.41, 5.74) is 0. The molecule has 0 saturated carbocycles. The molecule has 1 aromatic rings. The van der Waals surface area contributed by atoms with E-state index >= 15 is 0 Å². The van der Waals surface area contributed by atoms with Crippen molar-refractivity contribution in [1.29, 1.82) is 0 Å². The summed E-state index contributed by atoms with van der Waals surface area (Å²) in [7, 11) is 0. The molecule has 1 saturated heterocycles. The van der Waals surface area contributed by atoms with Crippen molar-refractivity contribution in [2.75, 3.05) is 6.54 Å². The predicted molar refractivity (Wildman–Crippen MR) is 70.5 cm³/mol. The van der Waals surface area contributed by atoms with Gasteiger partial charge >= 0.3 is 0 Å². The first kappa shape index (κ1) is 12.6. The molecule has 1 amide bonds. The molecule has 2 unspecified atom stereocenters. The maximum atomic E-state index is 12.0. The number of carbonyl (C=O) groups is 1. The standard InChI is InChI=1S/C13H21N5O/c1-9(13-17-16-11-5-3-7-18(11)13)15-12(19)8-10-4-2-6-14-10/h9-10,14H,2-8H2,1H3,(H,15,19). The van der Waals surface area contributed by atoms with Crippen LogP contribution in [-0.4, -0.2) is 33.3 Å². The molecule has 3 rings (SSSR count).